The van der Waals surface area contributed by atoms with Crippen molar-refractivity contribution in [2.45, 2.75) is 25.3 Å². The van der Waals surface area contributed by atoms with Crippen molar-refractivity contribution >= 4 is 0 Å². The Morgan fingerprint density at radius 1 is 1.18 bits per heavy atom. The van der Waals surface area contributed by atoms with Gasteiger partial charge in [0, 0.05) is 11.6 Å². The maximum absolute atomic E-state index is 13.8. The van der Waals surface area contributed by atoms with Crippen LogP contribution in [0.1, 0.15) is 30.9 Å². The fraction of sp³-hybridized carbons (Fsp3) is 0.571. The monoisotopic (exact) mass is 237 g/mol. The molecule has 0 aromatic heterocycles. The Balaban J connectivity index is 1.86. The molecule has 0 amide bonds. The van der Waals surface area contributed by atoms with Crippen LogP contribution in [0.3, 0.4) is 0 Å². The lowest BCUT2D eigenvalue weighted by atomic mass is 9.89. The molecule has 0 radical (unpaired) electrons. The highest BCUT2D eigenvalue weighted by molar-refractivity contribution is 5.24. The molecular weight excluding hydrogens is 220 g/mol. The van der Waals surface area contributed by atoms with E-state index in [0.717, 1.165) is 24.7 Å². The van der Waals surface area contributed by atoms with Crippen LogP contribution in [0.15, 0.2) is 18.2 Å². The van der Waals surface area contributed by atoms with Crippen molar-refractivity contribution in [3.8, 4) is 0 Å². The first-order valence-corrected chi connectivity index (χ1v) is 6.32. The molecular formula is C14H17F2N. The number of rotatable bonds is 3. The van der Waals surface area contributed by atoms with Crippen molar-refractivity contribution in [2.75, 3.05) is 7.05 Å². The van der Waals surface area contributed by atoms with Crippen molar-refractivity contribution in [1.29, 1.82) is 0 Å². The van der Waals surface area contributed by atoms with Gasteiger partial charge in [0.25, 0.3) is 0 Å². The van der Waals surface area contributed by atoms with Crippen molar-refractivity contribution < 1.29 is 8.78 Å². The summed E-state index contributed by atoms with van der Waals surface area (Å²) in [5.74, 6) is 0.735. The van der Waals surface area contributed by atoms with Gasteiger partial charge in [0.1, 0.15) is 0 Å². The lowest BCUT2D eigenvalue weighted by molar-refractivity contribution is 0.345. The fourth-order valence-electron chi connectivity index (χ4n) is 3.44. The van der Waals surface area contributed by atoms with Crippen molar-refractivity contribution in [3.63, 3.8) is 0 Å². The molecule has 2 aliphatic rings. The third-order valence-corrected chi connectivity index (χ3v) is 4.38. The molecule has 0 aliphatic heterocycles. The first kappa shape index (κ1) is 11.1. The normalized spacial score (nSPS) is 32.3. The summed E-state index contributed by atoms with van der Waals surface area (Å²) < 4.78 is 27.0. The Morgan fingerprint density at radius 2 is 1.88 bits per heavy atom. The zero-order valence-electron chi connectivity index (χ0n) is 9.92. The van der Waals surface area contributed by atoms with Crippen LogP contribution < -0.4 is 5.32 Å². The van der Waals surface area contributed by atoms with Crippen LogP contribution in [-0.2, 0) is 0 Å². The van der Waals surface area contributed by atoms with Crippen LogP contribution in [0.2, 0.25) is 0 Å². The van der Waals surface area contributed by atoms with Crippen LogP contribution in [0, 0.1) is 29.4 Å². The van der Waals surface area contributed by atoms with E-state index < -0.39 is 11.6 Å². The SMILES string of the molecule is CNC(c1cccc(F)c1F)C1CC2CC2C1. The third-order valence-electron chi connectivity index (χ3n) is 4.38. The summed E-state index contributed by atoms with van der Waals surface area (Å²) in [4.78, 5) is 0. The first-order valence-electron chi connectivity index (χ1n) is 6.32. The van der Waals surface area contributed by atoms with Gasteiger partial charge in [-0.1, -0.05) is 12.1 Å². The van der Waals surface area contributed by atoms with E-state index in [1.165, 1.54) is 12.5 Å². The van der Waals surface area contributed by atoms with Crippen molar-refractivity contribution in [2.24, 2.45) is 17.8 Å². The summed E-state index contributed by atoms with van der Waals surface area (Å²) in [6.07, 6.45) is 3.66. The maximum atomic E-state index is 13.8. The van der Waals surface area contributed by atoms with Gasteiger partial charge in [0.15, 0.2) is 11.6 Å². The molecule has 1 aromatic carbocycles. The van der Waals surface area contributed by atoms with E-state index in [1.54, 1.807) is 12.1 Å². The van der Waals surface area contributed by atoms with Crippen LogP contribution in [0.25, 0.3) is 0 Å². The van der Waals surface area contributed by atoms with Gasteiger partial charge < -0.3 is 5.32 Å². The Hall–Kier alpha value is -0.960. The Morgan fingerprint density at radius 3 is 2.53 bits per heavy atom. The van der Waals surface area contributed by atoms with Gasteiger partial charge in [-0.15, -0.1) is 0 Å². The topological polar surface area (TPSA) is 12.0 Å². The van der Waals surface area contributed by atoms with Crippen LogP contribution in [-0.4, -0.2) is 7.05 Å². The summed E-state index contributed by atoms with van der Waals surface area (Å²) in [5, 5.41) is 3.16. The standard InChI is InChI=1S/C14H17F2N/c1-17-14(10-6-8-5-9(8)7-10)11-3-2-4-12(15)13(11)16/h2-4,8-10,14,17H,5-7H2,1H3. The second-order valence-electron chi connectivity index (χ2n) is 5.40. The molecule has 2 saturated carbocycles. The number of nitrogens with one attached hydrogen (secondary N) is 1. The highest BCUT2D eigenvalue weighted by atomic mass is 19.2. The predicted octanol–water partition coefficient (Wildman–Crippen LogP) is 3.27. The molecule has 3 atom stereocenters. The smallest absolute Gasteiger partial charge is 0.163 e. The molecule has 1 aromatic rings. The van der Waals surface area contributed by atoms with Gasteiger partial charge in [-0.3, -0.25) is 0 Å². The molecule has 0 heterocycles. The van der Waals surface area contributed by atoms with Gasteiger partial charge in [-0.05, 0) is 50.1 Å². The molecule has 2 fully saturated rings. The Kier molecular flexibility index (Phi) is 2.66. The number of hydrogen-bond donors (Lipinski definition) is 1. The molecule has 0 spiro atoms. The summed E-state index contributed by atoms with van der Waals surface area (Å²) in [7, 11) is 1.83. The molecule has 0 saturated heterocycles. The number of hydrogen-bond acceptors (Lipinski definition) is 1. The largest absolute Gasteiger partial charge is 0.313 e. The van der Waals surface area contributed by atoms with E-state index in [0.29, 0.717) is 11.5 Å². The molecule has 3 unspecified atom stereocenters. The zero-order valence-corrected chi connectivity index (χ0v) is 9.92. The van der Waals surface area contributed by atoms with E-state index in [-0.39, 0.29) is 6.04 Å². The molecule has 3 heteroatoms. The molecule has 2 aliphatic carbocycles. The van der Waals surface area contributed by atoms with E-state index in [1.807, 2.05) is 7.05 Å². The number of benzene rings is 1. The van der Waals surface area contributed by atoms with Gasteiger partial charge in [-0.2, -0.15) is 0 Å². The second-order valence-corrected chi connectivity index (χ2v) is 5.40. The van der Waals surface area contributed by atoms with Gasteiger partial charge in [-0.25, -0.2) is 8.78 Å². The maximum Gasteiger partial charge on any atom is 0.163 e. The van der Waals surface area contributed by atoms with Gasteiger partial charge in [0.05, 0.1) is 0 Å². The summed E-state index contributed by atoms with van der Waals surface area (Å²) in [6.45, 7) is 0. The average Bonchev–Trinajstić information content (AvgIpc) is 2.93. The van der Waals surface area contributed by atoms with Crippen LogP contribution in [0.4, 0.5) is 8.78 Å². The van der Waals surface area contributed by atoms with E-state index in [4.69, 9.17) is 0 Å². The lowest BCUT2D eigenvalue weighted by Crippen LogP contribution is -2.25. The Bertz CT molecular complexity index is 422. The third kappa shape index (κ3) is 1.86. The summed E-state index contributed by atoms with van der Waals surface area (Å²) in [5.41, 5.74) is 0.485. The lowest BCUT2D eigenvalue weighted by Gasteiger charge is -2.25. The van der Waals surface area contributed by atoms with Gasteiger partial charge >= 0.3 is 0 Å². The minimum atomic E-state index is -0.745. The highest BCUT2D eigenvalue weighted by Gasteiger charge is 2.48. The van der Waals surface area contributed by atoms with Gasteiger partial charge in [0.2, 0.25) is 0 Å². The first-order chi connectivity index (χ1) is 8.20. The van der Waals surface area contributed by atoms with E-state index in [9.17, 15) is 8.78 Å². The van der Waals surface area contributed by atoms with E-state index in [2.05, 4.69) is 5.32 Å². The van der Waals surface area contributed by atoms with E-state index >= 15 is 0 Å². The molecule has 0 bridgehead atoms. The molecule has 3 rings (SSSR count). The fourth-order valence-corrected chi connectivity index (χ4v) is 3.44. The predicted molar refractivity (Wildman–Crippen MR) is 62.5 cm³/mol. The molecule has 1 N–H and O–H groups in total. The minimum Gasteiger partial charge on any atom is -0.313 e. The average molecular weight is 237 g/mol. The zero-order chi connectivity index (χ0) is 12.0. The summed E-state index contributed by atoms with van der Waals surface area (Å²) in [6, 6.07) is 4.42. The second kappa shape index (κ2) is 4.05. The van der Waals surface area contributed by atoms with Crippen LogP contribution in [0.5, 0.6) is 0 Å². The minimum absolute atomic E-state index is 0.0431. The molecule has 1 nitrogen and oxygen atoms in total. The van der Waals surface area contributed by atoms with Crippen LogP contribution >= 0.6 is 0 Å². The van der Waals surface area contributed by atoms with Crippen molar-refractivity contribution in [3.05, 3.63) is 35.4 Å². The quantitative estimate of drug-likeness (QED) is 0.850. The molecule has 17 heavy (non-hydrogen) atoms. The number of fused-ring (bicyclic) bond motifs is 1. The highest BCUT2D eigenvalue weighted by Crippen LogP contribution is 2.57. The summed E-state index contributed by atoms with van der Waals surface area (Å²) >= 11 is 0. The van der Waals surface area contributed by atoms with Crippen molar-refractivity contribution in [1.82, 2.24) is 5.32 Å². The Labute approximate surface area is 100 Å². The number of halogens is 2. The molecule has 92 valence electrons.